The van der Waals surface area contributed by atoms with Crippen LogP contribution in [0.2, 0.25) is 0 Å². The van der Waals surface area contributed by atoms with Crippen molar-refractivity contribution in [2.75, 3.05) is 13.1 Å². The molecule has 4 rings (SSSR count). The maximum absolute atomic E-state index is 13.1. The number of hydrogen-bond donors (Lipinski definition) is 0. The number of halogens is 3. The van der Waals surface area contributed by atoms with E-state index in [0.29, 0.717) is 24.5 Å². The first-order valence-corrected chi connectivity index (χ1v) is 10.1. The number of carbonyl (C=O) groups is 1. The van der Waals surface area contributed by atoms with Gasteiger partial charge in [0.25, 0.3) is 0 Å². The summed E-state index contributed by atoms with van der Waals surface area (Å²) < 4.78 is 41.6. The zero-order valence-corrected chi connectivity index (χ0v) is 16.3. The summed E-state index contributed by atoms with van der Waals surface area (Å²) >= 11 is 0. The molecule has 2 heterocycles. The van der Waals surface area contributed by atoms with Crippen LogP contribution in [-0.4, -0.2) is 33.4 Å². The van der Waals surface area contributed by atoms with Crippen LogP contribution < -0.4 is 0 Å². The molecule has 2 aromatic rings. The number of nitrogens with zero attached hydrogens (tertiary/aromatic N) is 3. The summed E-state index contributed by atoms with van der Waals surface area (Å²) in [6, 6.07) is 4.07. The number of rotatable bonds is 3. The summed E-state index contributed by atoms with van der Waals surface area (Å²) in [6.45, 7) is 5.19. The Morgan fingerprint density at radius 3 is 2.36 bits per heavy atom. The van der Waals surface area contributed by atoms with E-state index < -0.39 is 11.7 Å². The third-order valence-corrected chi connectivity index (χ3v) is 6.15. The highest BCUT2D eigenvalue weighted by atomic mass is 19.4. The average molecular weight is 393 g/mol. The molecule has 2 fully saturated rings. The van der Waals surface area contributed by atoms with Gasteiger partial charge in [0.15, 0.2) is 0 Å². The van der Waals surface area contributed by atoms with Crippen molar-refractivity contribution in [1.29, 1.82) is 0 Å². The van der Waals surface area contributed by atoms with Gasteiger partial charge < -0.3 is 9.47 Å². The molecule has 0 spiro atoms. The number of alkyl halides is 3. The number of imidazole rings is 1. The molecule has 2 aliphatic rings. The van der Waals surface area contributed by atoms with Gasteiger partial charge in [0.05, 0.1) is 16.6 Å². The van der Waals surface area contributed by atoms with E-state index in [0.717, 1.165) is 49.5 Å². The molecule has 0 N–H and O–H groups in total. The molecule has 0 radical (unpaired) electrons. The fourth-order valence-electron chi connectivity index (χ4n) is 4.34. The normalized spacial score (nSPS) is 19.4. The Bertz CT molecular complexity index is 875. The topological polar surface area (TPSA) is 38.1 Å². The summed E-state index contributed by atoms with van der Waals surface area (Å²) in [5, 5.41) is 0. The number of amides is 1. The molecule has 0 atom stereocenters. The monoisotopic (exact) mass is 393 g/mol. The average Bonchev–Trinajstić information content (AvgIpc) is 2.96. The number of fused-ring (bicyclic) bond motifs is 1. The molecule has 152 valence electrons. The summed E-state index contributed by atoms with van der Waals surface area (Å²) in [6.07, 6.45) is 0.482. The number of piperidine rings is 1. The van der Waals surface area contributed by atoms with Gasteiger partial charge in [-0.3, -0.25) is 4.79 Å². The number of benzene rings is 1. The van der Waals surface area contributed by atoms with Gasteiger partial charge in [-0.1, -0.05) is 20.3 Å². The Balaban J connectivity index is 1.67. The van der Waals surface area contributed by atoms with Crippen molar-refractivity contribution in [2.45, 2.75) is 64.1 Å². The molecule has 1 saturated carbocycles. The van der Waals surface area contributed by atoms with E-state index in [1.807, 2.05) is 18.7 Å². The fraction of sp³-hybridized carbons (Fsp3) is 0.619. The summed E-state index contributed by atoms with van der Waals surface area (Å²) in [5.74, 6) is 1.41. The van der Waals surface area contributed by atoms with E-state index in [-0.39, 0.29) is 17.9 Å². The van der Waals surface area contributed by atoms with Crippen LogP contribution in [0.4, 0.5) is 13.2 Å². The van der Waals surface area contributed by atoms with Crippen LogP contribution in [0, 0.1) is 5.92 Å². The standard InChI is InChI=1S/C21H26F3N3O/c1-13(2)20(28)26-10-8-16(9-11-26)27-18-7-6-15(21(22,23)24)12-17(18)25-19(27)14-4-3-5-14/h6-7,12-14,16H,3-5,8-11H2,1-2H3. The first-order valence-electron chi connectivity index (χ1n) is 10.1. The van der Waals surface area contributed by atoms with Gasteiger partial charge in [0, 0.05) is 31.0 Å². The highest BCUT2D eigenvalue weighted by molar-refractivity contribution is 5.79. The van der Waals surface area contributed by atoms with Crippen molar-refractivity contribution in [3.8, 4) is 0 Å². The molecule has 1 aliphatic carbocycles. The van der Waals surface area contributed by atoms with Gasteiger partial charge in [-0.2, -0.15) is 13.2 Å². The Kier molecular flexibility index (Phi) is 4.88. The van der Waals surface area contributed by atoms with Crippen molar-refractivity contribution >= 4 is 16.9 Å². The van der Waals surface area contributed by atoms with Gasteiger partial charge in [-0.15, -0.1) is 0 Å². The lowest BCUT2D eigenvalue weighted by Crippen LogP contribution is -2.41. The second-order valence-corrected chi connectivity index (χ2v) is 8.38. The molecular weight excluding hydrogens is 367 g/mol. The molecule has 1 amide bonds. The highest BCUT2D eigenvalue weighted by Gasteiger charge is 2.34. The molecular formula is C21H26F3N3O. The van der Waals surface area contributed by atoms with Crippen LogP contribution in [0.15, 0.2) is 18.2 Å². The molecule has 0 unspecified atom stereocenters. The van der Waals surface area contributed by atoms with Crippen LogP contribution in [0.25, 0.3) is 11.0 Å². The van der Waals surface area contributed by atoms with E-state index in [1.165, 1.54) is 6.07 Å². The Morgan fingerprint density at radius 2 is 1.82 bits per heavy atom. The Hall–Kier alpha value is -2.05. The fourth-order valence-corrected chi connectivity index (χ4v) is 4.34. The molecule has 1 aliphatic heterocycles. The van der Waals surface area contributed by atoms with Gasteiger partial charge in [0.1, 0.15) is 5.82 Å². The van der Waals surface area contributed by atoms with Gasteiger partial charge in [0.2, 0.25) is 5.91 Å². The van der Waals surface area contributed by atoms with Crippen LogP contribution >= 0.6 is 0 Å². The SMILES string of the molecule is CC(C)C(=O)N1CCC(n2c(C3CCC3)nc3cc(C(F)(F)F)ccc32)CC1. The number of hydrogen-bond acceptors (Lipinski definition) is 2. The predicted molar refractivity (Wildman–Crippen MR) is 101 cm³/mol. The highest BCUT2D eigenvalue weighted by Crippen LogP contribution is 2.41. The van der Waals surface area contributed by atoms with Crippen molar-refractivity contribution in [3.63, 3.8) is 0 Å². The molecule has 1 aromatic heterocycles. The lowest BCUT2D eigenvalue weighted by Gasteiger charge is -2.36. The summed E-state index contributed by atoms with van der Waals surface area (Å²) in [4.78, 5) is 18.8. The maximum atomic E-state index is 13.1. The van der Waals surface area contributed by atoms with E-state index in [2.05, 4.69) is 9.55 Å². The minimum Gasteiger partial charge on any atom is -0.342 e. The van der Waals surface area contributed by atoms with E-state index in [9.17, 15) is 18.0 Å². The second kappa shape index (κ2) is 7.08. The quantitative estimate of drug-likeness (QED) is 0.724. The maximum Gasteiger partial charge on any atom is 0.416 e. The third kappa shape index (κ3) is 3.40. The van der Waals surface area contributed by atoms with Gasteiger partial charge in [-0.05, 0) is 43.9 Å². The largest absolute Gasteiger partial charge is 0.416 e. The van der Waals surface area contributed by atoms with E-state index in [1.54, 1.807) is 6.07 Å². The van der Waals surface area contributed by atoms with Crippen LogP contribution in [0.3, 0.4) is 0 Å². The van der Waals surface area contributed by atoms with Crippen LogP contribution in [0.5, 0.6) is 0 Å². The third-order valence-electron chi connectivity index (χ3n) is 6.15. The van der Waals surface area contributed by atoms with Crippen LogP contribution in [0.1, 0.15) is 69.3 Å². The van der Waals surface area contributed by atoms with Crippen molar-refractivity contribution in [1.82, 2.24) is 14.5 Å². The lowest BCUT2D eigenvalue weighted by atomic mass is 9.84. The van der Waals surface area contributed by atoms with Crippen molar-refractivity contribution in [2.24, 2.45) is 5.92 Å². The molecule has 1 saturated heterocycles. The number of likely N-dealkylation sites (tertiary alicyclic amines) is 1. The van der Waals surface area contributed by atoms with Crippen LogP contribution in [-0.2, 0) is 11.0 Å². The zero-order valence-electron chi connectivity index (χ0n) is 16.3. The number of aromatic nitrogens is 2. The van der Waals surface area contributed by atoms with E-state index >= 15 is 0 Å². The predicted octanol–water partition coefficient (Wildman–Crippen LogP) is 5.14. The Morgan fingerprint density at radius 1 is 1.14 bits per heavy atom. The van der Waals surface area contributed by atoms with Crippen molar-refractivity contribution < 1.29 is 18.0 Å². The molecule has 28 heavy (non-hydrogen) atoms. The molecule has 4 nitrogen and oxygen atoms in total. The summed E-state index contributed by atoms with van der Waals surface area (Å²) in [7, 11) is 0. The number of carbonyl (C=O) groups excluding carboxylic acids is 1. The smallest absolute Gasteiger partial charge is 0.342 e. The molecule has 7 heteroatoms. The van der Waals surface area contributed by atoms with Crippen molar-refractivity contribution in [3.05, 3.63) is 29.6 Å². The Labute approximate surface area is 162 Å². The first-order chi connectivity index (χ1) is 13.3. The zero-order chi connectivity index (χ0) is 20.1. The van der Waals surface area contributed by atoms with Gasteiger partial charge in [-0.25, -0.2) is 4.98 Å². The summed E-state index contributed by atoms with van der Waals surface area (Å²) in [5.41, 5.74) is 0.558. The minimum atomic E-state index is -4.36. The molecule has 0 bridgehead atoms. The lowest BCUT2D eigenvalue weighted by molar-refractivity contribution is -0.137. The second-order valence-electron chi connectivity index (χ2n) is 8.38. The van der Waals surface area contributed by atoms with E-state index in [4.69, 9.17) is 0 Å². The first kappa shape index (κ1) is 19.3. The molecule has 1 aromatic carbocycles. The van der Waals surface area contributed by atoms with Gasteiger partial charge >= 0.3 is 6.18 Å². The minimum absolute atomic E-state index is 0.0167.